The van der Waals surface area contributed by atoms with E-state index >= 15 is 0 Å². The molecule has 6 heteroatoms. The molecule has 1 fully saturated rings. The number of piperidine rings is 1. The third kappa shape index (κ3) is 4.78. The summed E-state index contributed by atoms with van der Waals surface area (Å²) in [7, 11) is 1.96. The molecule has 0 unspecified atom stereocenters. The highest BCUT2D eigenvalue weighted by Gasteiger charge is 2.25. The van der Waals surface area contributed by atoms with Crippen LogP contribution in [0.4, 0.5) is 0 Å². The van der Waals surface area contributed by atoms with Crippen molar-refractivity contribution >= 4 is 17.9 Å². The molecule has 1 heterocycles. The summed E-state index contributed by atoms with van der Waals surface area (Å²) in [6, 6.07) is 0. The first-order valence-electron chi connectivity index (χ1n) is 5.34. The van der Waals surface area contributed by atoms with Gasteiger partial charge in [0.05, 0.1) is 5.92 Å². The van der Waals surface area contributed by atoms with E-state index in [0.717, 1.165) is 19.2 Å². The molecule has 1 N–H and O–H groups in total. The largest absolute Gasteiger partial charge is 0.478 e. The van der Waals surface area contributed by atoms with E-state index in [1.165, 1.54) is 0 Å². The first-order chi connectivity index (χ1) is 7.99. The molecule has 1 saturated heterocycles. The number of ether oxygens (including phenoxy) is 1. The molecule has 94 valence electrons. The zero-order valence-electron chi connectivity index (χ0n) is 9.59. The Balaban J connectivity index is 2.38. The van der Waals surface area contributed by atoms with Crippen LogP contribution < -0.4 is 0 Å². The Hall–Kier alpha value is -1.69. The number of aliphatic carboxylic acids is 1. The fourth-order valence-corrected chi connectivity index (χ4v) is 1.60. The number of hydrogen-bond donors (Lipinski definition) is 1. The molecule has 6 nitrogen and oxygen atoms in total. The summed E-state index contributed by atoms with van der Waals surface area (Å²) in [5.74, 6) is -3.03. The van der Waals surface area contributed by atoms with E-state index in [1.807, 2.05) is 7.05 Å². The summed E-state index contributed by atoms with van der Waals surface area (Å²) in [5.41, 5.74) is 0. The Morgan fingerprint density at radius 2 is 1.82 bits per heavy atom. The van der Waals surface area contributed by atoms with Gasteiger partial charge in [-0.15, -0.1) is 0 Å². The lowest BCUT2D eigenvalue weighted by Crippen LogP contribution is -2.34. The number of carbonyl (C=O) groups is 3. The third-order valence-corrected chi connectivity index (χ3v) is 2.62. The number of carboxylic acid groups (broad SMARTS) is 1. The van der Waals surface area contributed by atoms with Crippen LogP contribution in [0.2, 0.25) is 0 Å². The second-order valence-electron chi connectivity index (χ2n) is 3.99. The normalized spacial score (nSPS) is 18.2. The van der Waals surface area contributed by atoms with Crippen LogP contribution in [0.5, 0.6) is 0 Å². The molecule has 0 radical (unpaired) electrons. The topological polar surface area (TPSA) is 83.9 Å². The van der Waals surface area contributed by atoms with E-state index in [9.17, 15) is 14.4 Å². The van der Waals surface area contributed by atoms with Crippen molar-refractivity contribution in [1.29, 1.82) is 0 Å². The molecule has 0 aromatic rings. The van der Waals surface area contributed by atoms with Crippen LogP contribution in [0.3, 0.4) is 0 Å². The van der Waals surface area contributed by atoms with Gasteiger partial charge in [-0.25, -0.2) is 9.59 Å². The van der Waals surface area contributed by atoms with E-state index in [0.29, 0.717) is 18.9 Å². The monoisotopic (exact) mass is 241 g/mol. The maximum Gasteiger partial charge on any atom is 0.338 e. The zero-order valence-corrected chi connectivity index (χ0v) is 9.59. The maximum atomic E-state index is 11.5. The molecule has 0 atom stereocenters. The molecule has 0 aromatic carbocycles. The second kappa shape index (κ2) is 6.15. The minimum atomic E-state index is -1.26. The summed E-state index contributed by atoms with van der Waals surface area (Å²) >= 11 is 0. The van der Waals surface area contributed by atoms with Crippen molar-refractivity contribution in [3.8, 4) is 0 Å². The van der Waals surface area contributed by atoms with Gasteiger partial charge in [-0.05, 0) is 33.0 Å². The third-order valence-electron chi connectivity index (χ3n) is 2.62. The summed E-state index contributed by atoms with van der Waals surface area (Å²) in [4.78, 5) is 34.8. The second-order valence-corrected chi connectivity index (χ2v) is 3.99. The lowest BCUT2D eigenvalue weighted by molar-refractivity contribution is -0.160. The van der Waals surface area contributed by atoms with Gasteiger partial charge < -0.3 is 14.7 Å². The summed E-state index contributed by atoms with van der Waals surface area (Å²) < 4.78 is 4.53. The average molecular weight is 241 g/mol. The maximum absolute atomic E-state index is 11.5. The van der Waals surface area contributed by atoms with Gasteiger partial charge in [-0.3, -0.25) is 4.79 Å². The van der Waals surface area contributed by atoms with Crippen molar-refractivity contribution in [3.63, 3.8) is 0 Å². The standard InChI is InChI=1S/C11H15NO5/c1-12-6-4-8(5-7-12)11(16)17-10(15)3-2-9(13)14/h2-3,8H,4-7H2,1H3,(H,13,14)/b3-2-. The lowest BCUT2D eigenvalue weighted by atomic mass is 9.97. The van der Waals surface area contributed by atoms with Crippen LogP contribution in [-0.4, -0.2) is 48.1 Å². The first-order valence-corrected chi connectivity index (χ1v) is 5.34. The van der Waals surface area contributed by atoms with E-state index in [1.54, 1.807) is 0 Å². The van der Waals surface area contributed by atoms with E-state index in [-0.39, 0.29) is 5.92 Å². The Morgan fingerprint density at radius 1 is 1.24 bits per heavy atom. The zero-order chi connectivity index (χ0) is 12.8. The fraction of sp³-hybridized carbons (Fsp3) is 0.545. The Morgan fingerprint density at radius 3 is 2.35 bits per heavy atom. The molecular weight excluding hydrogens is 226 g/mol. The van der Waals surface area contributed by atoms with Crippen LogP contribution in [-0.2, 0) is 19.1 Å². The van der Waals surface area contributed by atoms with Gasteiger partial charge in [0.1, 0.15) is 0 Å². The molecule has 1 aliphatic heterocycles. The highest BCUT2D eigenvalue weighted by molar-refractivity contribution is 5.96. The van der Waals surface area contributed by atoms with Gasteiger partial charge in [0.15, 0.2) is 0 Å². The van der Waals surface area contributed by atoms with E-state index in [2.05, 4.69) is 9.64 Å². The SMILES string of the molecule is CN1CCC(C(=O)OC(=O)/C=C\C(=O)O)CC1. The van der Waals surface area contributed by atoms with Gasteiger partial charge in [0, 0.05) is 12.2 Å². The molecule has 0 bridgehead atoms. The highest BCUT2D eigenvalue weighted by atomic mass is 16.6. The molecular formula is C11H15NO5. The van der Waals surface area contributed by atoms with Crippen molar-refractivity contribution < 1.29 is 24.2 Å². The van der Waals surface area contributed by atoms with Gasteiger partial charge in [0.25, 0.3) is 0 Å². The minimum absolute atomic E-state index is 0.270. The van der Waals surface area contributed by atoms with Crippen molar-refractivity contribution in [1.82, 2.24) is 4.90 Å². The lowest BCUT2D eigenvalue weighted by Gasteiger charge is -2.26. The molecule has 1 aliphatic rings. The smallest absolute Gasteiger partial charge is 0.338 e. The van der Waals surface area contributed by atoms with Crippen molar-refractivity contribution in [2.24, 2.45) is 5.92 Å². The molecule has 17 heavy (non-hydrogen) atoms. The Labute approximate surface area is 98.8 Å². The summed E-state index contributed by atoms with van der Waals surface area (Å²) in [5, 5.41) is 8.29. The highest BCUT2D eigenvalue weighted by Crippen LogP contribution is 2.17. The molecule has 0 saturated carbocycles. The first kappa shape index (κ1) is 13.4. The summed E-state index contributed by atoms with van der Waals surface area (Å²) in [6.45, 7) is 1.58. The fourth-order valence-electron chi connectivity index (χ4n) is 1.60. The Kier molecular flexibility index (Phi) is 4.84. The van der Waals surface area contributed by atoms with Gasteiger partial charge in [-0.2, -0.15) is 0 Å². The average Bonchev–Trinajstić information content (AvgIpc) is 2.27. The number of rotatable bonds is 3. The molecule has 0 aromatic heterocycles. The quantitative estimate of drug-likeness (QED) is 0.426. The van der Waals surface area contributed by atoms with Gasteiger partial charge in [0.2, 0.25) is 0 Å². The predicted octanol–water partition coefficient (Wildman–Crippen LogP) is 0.0388. The van der Waals surface area contributed by atoms with Crippen molar-refractivity contribution in [2.45, 2.75) is 12.8 Å². The van der Waals surface area contributed by atoms with Gasteiger partial charge >= 0.3 is 17.9 Å². The van der Waals surface area contributed by atoms with Crippen LogP contribution in [0.15, 0.2) is 12.2 Å². The number of esters is 2. The van der Waals surface area contributed by atoms with Crippen LogP contribution in [0, 0.1) is 5.92 Å². The van der Waals surface area contributed by atoms with E-state index in [4.69, 9.17) is 5.11 Å². The molecule has 0 aliphatic carbocycles. The minimum Gasteiger partial charge on any atom is -0.478 e. The number of likely N-dealkylation sites (tertiary alicyclic amines) is 1. The Bertz CT molecular complexity index is 342. The number of hydrogen-bond acceptors (Lipinski definition) is 5. The number of carboxylic acids is 1. The molecule has 0 amide bonds. The number of carbonyl (C=O) groups excluding carboxylic acids is 2. The van der Waals surface area contributed by atoms with Crippen LogP contribution >= 0.6 is 0 Å². The van der Waals surface area contributed by atoms with Crippen LogP contribution in [0.25, 0.3) is 0 Å². The van der Waals surface area contributed by atoms with Crippen molar-refractivity contribution in [2.75, 3.05) is 20.1 Å². The summed E-state index contributed by atoms with van der Waals surface area (Å²) in [6.07, 6.45) is 2.69. The van der Waals surface area contributed by atoms with Crippen LogP contribution in [0.1, 0.15) is 12.8 Å². The van der Waals surface area contributed by atoms with Gasteiger partial charge in [-0.1, -0.05) is 0 Å². The van der Waals surface area contributed by atoms with E-state index < -0.39 is 17.9 Å². The predicted molar refractivity (Wildman–Crippen MR) is 58.1 cm³/mol. The molecule has 0 spiro atoms. The van der Waals surface area contributed by atoms with Crippen molar-refractivity contribution in [3.05, 3.63) is 12.2 Å². The number of nitrogens with zero attached hydrogens (tertiary/aromatic N) is 1. The molecule has 1 rings (SSSR count).